The van der Waals surface area contributed by atoms with Gasteiger partial charge in [-0.1, -0.05) is 36.4 Å². The molecule has 1 atom stereocenters. The van der Waals surface area contributed by atoms with E-state index in [0.29, 0.717) is 5.56 Å². The number of aliphatic hydroxyl groups is 1. The maximum absolute atomic E-state index is 11.3. The lowest BCUT2D eigenvalue weighted by atomic mass is 9.72. The van der Waals surface area contributed by atoms with E-state index in [1.807, 2.05) is 36.4 Å². The molecule has 1 unspecified atom stereocenters. The molecule has 0 saturated carbocycles. The van der Waals surface area contributed by atoms with Crippen LogP contribution in [-0.2, 0) is 10.4 Å². The van der Waals surface area contributed by atoms with Crippen molar-refractivity contribution in [1.29, 1.82) is 0 Å². The van der Waals surface area contributed by atoms with Crippen LogP contribution in [0.1, 0.15) is 26.3 Å². The average molecular weight is 258 g/mol. The first kappa shape index (κ1) is 13.6. The number of carboxylic acid groups (broad SMARTS) is 1. The molecule has 2 aromatic rings. The molecule has 0 amide bonds. The van der Waals surface area contributed by atoms with Gasteiger partial charge in [0.1, 0.15) is 5.60 Å². The highest BCUT2D eigenvalue weighted by atomic mass is 16.4. The van der Waals surface area contributed by atoms with Gasteiger partial charge in [-0.2, -0.15) is 0 Å². The van der Waals surface area contributed by atoms with Crippen LogP contribution in [0.3, 0.4) is 0 Å². The zero-order valence-electron chi connectivity index (χ0n) is 11.3. The predicted molar refractivity (Wildman–Crippen MR) is 74.9 cm³/mol. The molecule has 0 heterocycles. The van der Waals surface area contributed by atoms with Crippen LogP contribution in [-0.4, -0.2) is 16.2 Å². The molecule has 0 aromatic heterocycles. The van der Waals surface area contributed by atoms with E-state index in [-0.39, 0.29) is 0 Å². The van der Waals surface area contributed by atoms with E-state index in [0.717, 1.165) is 10.8 Å². The van der Waals surface area contributed by atoms with Gasteiger partial charge in [0.05, 0.1) is 5.41 Å². The maximum Gasteiger partial charge on any atom is 0.312 e. The molecular weight excluding hydrogens is 240 g/mol. The van der Waals surface area contributed by atoms with E-state index in [1.165, 1.54) is 13.8 Å². The normalized spacial score (nSPS) is 15.2. The van der Waals surface area contributed by atoms with Gasteiger partial charge in [-0.25, -0.2) is 0 Å². The molecule has 0 radical (unpaired) electrons. The van der Waals surface area contributed by atoms with E-state index < -0.39 is 17.0 Å². The highest BCUT2D eigenvalue weighted by molar-refractivity contribution is 5.84. The van der Waals surface area contributed by atoms with Gasteiger partial charge < -0.3 is 10.2 Å². The minimum Gasteiger partial charge on any atom is -0.481 e. The number of carbonyl (C=O) groups is 1. The molecule has 0 fully saturated rings. The lowest BCUT2D eigenvalue weighted by Gasteiger charge is -2.37. The van der Waals surface area contributed by atoms with Gasteiger partial charge >= 0.3 is 5.97 Å². The number of carboxylic acids is 1. The van der Waals surface area contributed by atoms with E-state index in [1.54, 1.807) is 13.0 Å². The van der Waals surface area contributed by atoms with Crippen LogP contribution in [0.25, 0.3) is 10.8 Å². The number of benzene rings is 2. The number of aliphatic carboxylic acids is 1. The summed E-state index contributed by atoms with van der Waals surface area (Å²) < 4.78 is 0. The number of rotatable bonds is 3. The van der Waals surface area contributed by atoms with E-state index >= 15 is 0 Å². The van der Waals surface area contributed by atoms with Crippen LogP contribution in [0.5, 0.6) is 0 Å². The first-order valence-corrected chi connectivity index (χ1v) is 6.22. The molecule has 0 aliphatic rings. The van der Waals surface area contributed by atoms with Gasteiger partial charge in [-0.3, -0.25) is 4.79 Å². The fourth-order valence-electron chi connectivity index (χ4n) is 2.06. The molecule has 0 saturated heterocycles. The fourth-order valence-corrected chi connectivity index (χ4v) is 2.06. The smallest absolute Gasteiger partial charge is 0.312 e. The molecule has 2 rings (SSSR count). The predicted octanol–water partition coefficient (Wildman–Crippen LogP) is 3.16. The van der Waals surface area contributed by atoms with Crippen LogP contribution in [0.2, 0.25) is 0 Å². The summed E-state index contributed by atoms with van der Waals surface area (Å²) in [4.78, 5) is 11.3. The molecule has 19 heavy (non-hydrogen) atoms. The third kappa shape index (κ3) is 2.10. The zero-order chi connectivity index (χ0) is 14.3. The third-order valence-corrected chi connectivity index (χ3v) is 4.06. The highest BCUT2D eigenvalue weighted by Crippen LogP contribution is 2.40. The van der Waals surface area contributed by atoms with Crippen molar-refractivity contribution in [2.24, 2.45) is 5.41 Å². The SMILES string of the molecule is CC(C)(C(=O)O)C(C)(O)c1ccc2ccccc2c1. The van der Waals surface area contributed by atoms with Crippen molar-refractivity contribution in [3.8, 4) is 0 Å². The second kappa shape index (κ2) is 4.35. The largest absolute Gasteiger partial charge is 0.481 e. The van der Waals surface area contributed by atoms with Crippen LogP contribution < -0.4 is 0 Å². The summed E-state index contributed by atoms with van der Waals surface area (Å²) in [6, 6.07) is 13.3. The second-order valence-corrected chi connectivity index (χ2v) is 5.56. The molecule has 100 valence electrons. The summed E-state index contributed by atoms with van der Waals surface area (Å²) in [7, 11) is 0. The van der Waals surface area contributed by atoms with Gasteiger partial charge in [0.15, 0.2) is 0 Å². The van der Waals surface area contributed by atoms with Crippen molar-refractivity contribution in [1.82, 2.24) is 0 Å². The first-order chi connectivity index (χ1) is 8.76. The average Bonchev–Trinajstić information content (AvgIpc) is 2.37. The lowest BCUT2D eigenvalue weighted by Crippen LogP contribution is -2.44. The quantitative estimate of drug-likeness (QED) is 0.889. The summed E-state index contributed by atoms with van der Waals surface area (Å²) >= 11 is 0. The van der Waals surface area contributed by atoms with E-state index in [9.17, 15) is 15.0 Å². The van der Waals surface area contributed by atoms with Crippen LogP contribution in [0.15, 0.2) is 42.5 Å². The minimum absolute atomic E-state index is 0.610. The summed E-state index contributed by atoms with van der Waals surface area (Å²) in [6.07, 6.45) is 0. The molecule has 0 spiro atoms. The highest BCUT2D eigenvalue weighted by Gasteiger charge is 2.46. The standard InChI is InChI=1S/C16H18O3/c1-15(2,14(17)18)16(3,19)13-9-8-11-6-4-5-7-12(11)10-13/h4-10,19H,1-3H3,(H,17,18). The fraction of sp³-hybridized carbons (Fsp3) is 0.312. The molecule has 0 bridgehead atoms. The van der Waals surface area contributed by atoms with Gasteiger partial charge in [0, 0.05) is 0 Å². The van der Waals surface area contributed by atoms with Crippen molar-refractivity contribution >= 4 is 16.7 Å². The lowest BCUT2D eigenvalue weighted by molar-refractivity contribution is -0.164. The molecule has 3 heteroatoms. The van der Waals surface area contributed by atoms with Gasteiger partial charge in [0.25, 0.3) is 0 Å². The Morgan fingerprint density at radius 1 is 1.00 bits per heavy atom. The Morgan fingerprint density at radius 2 is 1.58 bits per heavy atom. The monoisotopic (exact) mass is 258 g/mol. The van der Waals surface area contributed by atoms with Crippen LogP contribution >= 0.6 is 0 Å². The summed E-state index contributed by atoms with van der Waals surface area (Å²) in [5.74, 6) is -1.02. The van der Waals surface area contributed by atoms with Crippen LogP contribution in [0.4, 0.5) is 0 Å². The van der Waals surface area contributed by atoms with Crippen molar-refractivity contribution in [3.05, 3.63) is 48.0 Å². The summed E-state index contributed by atoms with van der Waals surface area (Å²) in [5, 5.41) is 22.0. The zero-order valence-corrected chi connectivity index (χ0v) is 11.3. The Labute approximate surface area is 112 Å². The molecule has 2 N–H and O–H groups in total. The van der Waals surface area contributed by atoms with Crippen molar-refractivity contribution in [2.45, 2.75) is 26.4 Å². The molecule has 0 aliphatic heterocycles. The number of hydrogen-bond acceptors (Lipinski definition) is 2. The first-order valence-electron chi connectivity index (χ1n) is 6.22. The van der Waals surface area contributed by atoms with Crippen molar-refractivity contribution in [3.63, 3.8) is 0 Å². The second-order valence-electron chi connectivity index (χ2n) is 5.56. The van der Waals surface area contributed by atoms with E-state index in [4.69, 9.17) is 0 Å². The van der Waals surface area contributed by atoms with E-state index in [2.05, 4.69) is 0 Å². The third-order valence-electron chi connectivity index (χ3n) is 4.06. The molecular formula is C16H18O3. The Kier molecular flexibility index (Phi) is 3.11. The molecule has 2 aromatic carbocycles. The van der Waals surface area contributed by atoms with Crippen LogP contribution in [0, 0.1) is 5.41 Å². The van der Waals surface area contributed by atoms with Gasteiger partial charge in [-0.15, -0.1) is 0 Å². The Bertz CT molecular complexity index is 627. The number of fused-ring (bicyclic) bond motifs is 1. The van der Waals surface area contributed by atoms with Gasteiger partial charge in [-0.05, 0) is 43.2 Å². The molecule has 3 nitrogen and oxygen atoms in total. The minimum atomic E-state index is -1.44. The topological polar surface area (TPSA) is 57.5 Å². The Morgan fingerprint density at radius 3 is 2.16 bits per heavy atom. The Hall–Kier alpha value is -1.87. The summed E-state index contributed by atoms with van der Waals surface area (Å²) in [5.41, 5.74) is -2.10. The maximum atomic E-state index is 11.3. The van der Waals surface area contributed by atoms with Crippen molar-refractivity contribution < 1.29 is 15.0 Å². The van der Waals surface area contributed by atoms with Crippen molar-refractivity contribution in [2.75, 3.05) is 0 Å². The number of hydrogen-bond donors (Lipinski definition) is 2. The Balaban J connectivity index is 2.57. The molecule has 0 aliphatic carbocycles. The summed E-state index contributed by atoms with van der Waals surface area (Å²) in [6.45, 7) is 4.61. The van der Waals surface area contributed by atoms with Gasteiger partial charge in [0.2, 0.25) is 0 Å².